The van der Waals surface area contributed by atoms with Crippen LogP contribution in [-0.2, 0) is 13.0 Å². The Morgan fingerprint density at radius 2 is 1.66 bits per heavy atom. The molecule has 0 saturated carbocycles. The van der Waals surface area contributed by atoms with Crippen LogP contribution in [0.15, 0.2) is 53.9 Å². The number of benzene rings is 2. The summed E-state index contributed by atoms with van der Waals surface area (Å²) in [7, 11) is 0. The molecule has 2 amide bonds. The van der Waals surface area contributed by atoms with Gasteiger partial charge in [-0.15, -0.1) is 11.3 Å². The van der Waals surface area contributed by atoms with E-state index in [4.69, 9.17) is 9.72 Å². The number of fused-ring (bicyclic) bond motifs is 1. The standard InChI is InChI=1S/C28H31N3O3S/c1-19(2)34-24-9-7-22(8-10-24)27(32)30-14-12-21(13-15-30)26-29-25(18-35-26)28(33)31-16-11-20-5-3-4-6-23(20)17-31/h3-10,18-19,21H,11-17H2,1-2H3. The van der Waals surface area contributed by atoms with Crippen molar-refractivity contribution in [1.29, 1.82) is 0 Å². The highest BCUT2D eigenvalue weighted by Gasteiger charge is 2.28. The highest BCUT2D eigenvalue weighted by Crippen LogP contribution is 2.32. The lowest BCUT2D eigenvalue weighted by molar-refractivity contribution is 0.0712. The summed E-state index contributed by atoms with van der Waals surface area (Å²) in [5.41, 5.74) is 3.79. The molecule has 3 heterocycles. The summed E-state index contributed by atoms with van der Waals surface area (Å²) in [4.78, 5) is 34.6. The molecule has 1 aromatic heterocycles. The van der Waals surface area contributed by atoms with Crippen molar-refractivity contribution in [2.45, 2.75) is 51.7 Å². The SMILES string of the molecule is CC(C)Oc1ccc(C(=O)N2CCC(c3nc(C(=O)N4CCc5ccccc5C4)cs3)CC2)cc1. The molecule has 0 atom stereocenters. The van der Waals surface area contributed by atoms with Crippen LogP contribution in [0.5, 0.6) is 5.75 Å². The minimum atomic E-state index is 0.0134. The normalized spacial score (nSPS) is 16.3. The fourth-order valence-corrected chi connectivity index (χ4v) is 5.83. The van der Waals surface area contributed by atoms with Crippen LogP contribution in [0.2, 0.25) is 0 Å². The highest BCUT2D eigenvalue weighted by atomic mass is 32.1. The molecule has 1 saturated heterocycles. The van der Waals surface area contributed by atoms with Crippen molar-refractivity contribution in [1.82, 2.24) is 14.8 Å². The van der Waals surface area contributed by atoms with E-state index in [-0.39, 0.29) is 23.8 Å². The molecule has 5 rings (SSSR count). The fraction of sp³-hybridized carbons (Fsp3) is 0.393. The van der Waals surface area contributed by atoms with Crippen molar-refractivity contribution in [2.75, 3.05) is 19.6 Å². The van der Waals surface area contributed by atoms with Crippen molar-refractivity contribution in [3.05, 3.63) is 81.3 Å². The van der Waals surface area contributed by atoms with E-state index >= 15 is 0 Å². The quantitative estimate of drug-likeness (QED) is 0.497. The van der Waals surface area contributed by atoms with Gasteiger partial charge in [0.1, 0.15) is 11.4 Å². The van der Waals surface area contributed by atoms with Crippen LogP contribution in [0.3, 0.4) is 0 Å². The number of nitrogens with zero attached hydrogens (tertiary/aromatic N) is 3. The Balaban J connectivity index is 1.17. The molecule has 0 aliphatic carbocycles. The molecular formula is C28H31N3O3S. The number of carbonyl (C=O) groups excluding carboxylic acids is 2. The van der Waals surface area contributed by atoms with E-state index in [0.717, 1.165) is 36.6 Å². The average Bonchev–Trinajstić information content (AvgIpc) is 3.38. The topological polar surface area (TPSA) is 62.7 Å². The second-order valence-electron chi connectivity index (χ2n) is 9.57. The summed E-state index contributed by atoms with van der Waals surface area (Å²) in [6.07, 6.45) is 2.71. The minimum Gasteiger partial charge on any atom is -0.491 e. The number of rotatable bonds is 5. The first-order chi connectivity index (χ1) is 17.0. The fourth-order valence-electron chi connectivity index (χ4n) is 4.86. The Labute approximate surface area is 210 Å². The van der Waals surface area contributed by atoms with Gasteiger partial charge in [-0.05, 0) is 68.5 Å². The number of piperidine rings is 1. The van der Waals surface area contributed by atoms with E-state index in [1.165, 1.54) is 11.1 Å². The number of aromatic nitrogens is 1. The predicted molar refractivity (Wildman–Crippen MR) is 137 cm³/mol. The van der Waals surface area contributed by atoms with E-state index < -0.39 is 0 Å². The van der Waals surface area contributed by atoms with Crippen LogP contribution < -0.4 is 4.74 Å². The predicted octanol–water partition coefficient (Wildman–Crippen LogP) is 5.15. The third kappa shape index (κ3) is 5.25. The van der Waals surface area contributed by atoms with Crippen molar-refractivity contribution < 1.29 is 14.3 Å². The van der Waals surface area contributed by atoms with E-state index in [9.17, 15) is 9.59 Å². The smallest absolute Gasteiger partial charge is 0.273 e. The first-order valence-electron chi connectivity index (χ1n) is 12.4. The Hall–Kier alpha value is -3.19. The van der Waals surface area contributed by atoms with E-state index in [2.05, 4.69) is 18.2 Å². The summed E-state index contributed by atoms with van der Waals surface area (Å²) >= 11 is 1.57. The average molecular weight is 490 g/mol. The van der Waals surface area contributed by atoms with Gasteiger partial charge in [0.05, 0.1) is 11.1 Å². The maximum atomic E-state index is 13.1. The van der Waals surface area contributed by atoms with Gasteiger partial charge in [-0.3, -0.25) is 9.59 Å². The largest absolute Gasteiger partial charge is 0.491 e. The Morgan fingerprint density at radius 3 is 2.37 bits per heavy atom. The van der Waals surface area contributed by atoms with E-state index in [0.29, 0.717) is 30.9 Å². The summed E-state index contributed by atoms with van der Waals surface area (Å²) in [6.45, 7) is 6.73. The summed E-state index contributed by atoms with van der Waals surface area (Å²) < 4.78 is 5.67. The third-order valence-electron chi connectivity index (χ3n) is 6.76. The molecule has 0 spiro atoms. The zero-order valence-electron chi connectivity index (χ0n) is 20.3. The van der Waals surface area contributed by atoms with Crippen molar-refractivity contribution in [2.24, 2.45) is 0 Å². The molecule has 2 aliphatic rings. The number of ether oxygens (including phenoxy) is 1. The number of hydrogen-bond acceptors (Lipinski definition) is 5. The molecule has 3 aromatic rings. The Morgan fingerprint density at radius 1 is 0.943 bits per heavy atom. The molecule has 2 aliphatic heterocycles. The van der Waals surface area contributed by atoms with Crippen LogP contribution in [0.1, 0.15) is 69.6 Å². The molecular weight excluding hydrogens is 458 g/mol. The van der Waals surface area contributed by atoms with Crippen molar-refractivity contribution >= 4 is 23.2 Å². The van der Waals surface area contributed by atoms with Crippen LogP contribution in [0.25, 0.3) is 0 Å². The minimum absolute atomic E-state index is 0.0134. The van der Waals surface area contributed by atoms with Gasteiger partial charge < -0.3 is 14.5 Å². The van der Waals surface area contributed by atoms with Gasteiger partial charge in [0, 0.05) is 43.0 Å². The second-order valence-corrected chi connectivity index (χ2v) is 10.5. The monoisotopic (exact) mass is 489 g/mol. The van der Waals surface area contributed by atoms with Gasteiger partial charge in [-0.1, -0.05) is 24.3 Å². The molecule has 182 valence electrons. The first-order valence-corrected chi connectivity index (χ1v) is 13.2. The Kier molecular flexibility index (Phi) is 6.86. The lowest BCUT2D eigenvalue weighted by Gasteiger charge is -2.31. The van der Waals surface area contributed by atoms with E-state index in [1.807, 2.05) is 59.4 Å². The molecule has 6 nitrogen and oxygen atoms in total. The van der Waals surface area contributed by atoms with E-state index in [1.54, 1.807) is 11.3 Å². The molecule has 2 aromatic carbocycles. The van der Waals surface area contributed by atoms with Crippen LogP contribution in [-0.4, -0.2) is 52.3 Å². The van der Waals surface area contributed by atoms with Gasteiger partial charge >= 0.3 is 0 Å². The van der Waals surface area contributed by atoms with Gasteiger partial charge in [0.15, 0.2) is 0 Å². The number of likely N-dealkylation sites (tertiary alicyclic amines) is 1. The van der Waals surface area contributed by atoms with Crippen LogP contribution in [0.4, 0.5) is 0 Å². The number of carbonyl (C=O) groups is 2. The maximum absolute atomic E-state index is 13.1. The lowest BCUT2D eigenvalue weighted by atomic mass is 9.97. The molecule has 0 N–H and O–H groups in total. The molecule has 0 radical (unpaired) electrons. The maximum Gasteiger partial charge on any atom is 0.273 e. The van der Waals surface area contributed by atoms with Crippen molar-refractivity contribution in [3.63, 3.8) is 0 Å². The number of amides is 2. The highest BCUT2D eigenvalue weighted by molar-refractivity contribution is 7.09. The summed E-state index contributed by atoms with van der Waals surface area (Å²) in [6, 6.07) is 15.7. The van der Waals surface area contributed by atoms with Crippen molar-refractivity contribution in [3.8, 4) is 5.75 Å². The molecule has 0 unspecified atom stereocenters. The Bertz CT molecular complexity index is 1200. The lowest BCUT2D eigenvalue weighted by Crippen LogP contribution is -2.38. The zero-order valence-corrected chi connectivity index (χ0v) is 21.1. The van der Waals surface area contributed by atoms with Gasteiger partial charge in [0.25, 0.3) is 11.8 Å². The second kappa shape index (κ2) is 10.2. The van der Waals surface area contributed by atoms with Gasteiger partial charge in [0.2, 0.25) is 0 Å². The van der Waals surface area contributed by atoms with Gasteiger partial charge in [-0.25, -0.2) is 4.98 Å². The first kappa shape index (κ1) is 23.5. The zero-order chi connectivity index (χ0) is 24.4. The molecule has 1 fully saturated rings. The number of thiazole rings is 1. The molecule has 35 heavy (non-hydrogen) atoms. The summed E-state index contributed by atoms with van der Waals surface area (Å²) in [5.74, 6) is 1.13. The van der Waals surface area contributed by atoms with Gasteiger partial charge in [-0.2, -0.15) is 0 Å². The summed E-state index contributed by atoms with van der Waals surface area (Å²) in [5, 5.41) is 2.91. The molecule has 0 bridgehead atoms. The molecule has 7 heteroatoms. The van der Waals surface area contributed by atoms with Crippen LogP contribution >= 0.6 is 11.3 Å². The third-order valence-corrected chi connectivity index (χ3v) is 7.77. The van der Waals surface area contributed by atoms with Crippen LogP contribution in [0, 0.1) is 0 Å². The number of hydrogen-bond donors (Lipinski definition) is 0.